The lowest BCUT2D eigenvalue weighted by Gasteiger charge is -2.15. The summed E-state index contributed by atoms with van der Waals surface area (Å²) in [5.74, 6) is 0.259. The summed E-state index contributed by atoms with van der Waals surface area (Å²) in [7, 11) is 0. The highest BCUT2D eigenvalue weighted by Gasteiger charge is 2.15. The molecular formula is C12H16ClNO3. The van der Waals surface area contributed by atoms with E-state index in [0.717, 1.165) is 0 Å². The van der Waals surface area contributed by atoms with Crippen LogP contribution in [-0.2, 0) is 9.63 Å². The highest BCUT2D eigenvalue weighted by Crippen LogP contribution is 2.16. The summed E-state index contributed by atoms with van der Waals surface area (Å²) in [6, 6.07) is 6.81. The summed E-state index contributed by atoms with van der Waals surface area (Å²) < 4.78 is 5.41. The number of halogens is 1. The second-order valence-electron chi connectivity index (χ2n) is 3.85. The maximum atomic E-state index is 11.5. The smallest absolute Gasteiger partial charge is 0.284 e. The Morgan fingerprint density at radius 3 is 2.35 bits per heavy atom. The average Bonchev–Trinajstić information content (AvgIpc) is 2.28. The van der Waals surface area contributed by atoms with Gasteiger partial charge in [0.1, 0.15) is 5.75 Å². The lowest BCUT2D eigenvalue weighted by atomic mass is 10.3. The molecule has 0 spiro atoms. The number of carbonyl (C=O) groups excluding carboxylic acids is 1. The van der Waals surface area contributed by atoms with Crippen molar-refractivity contribution in [1.82, 2.24) is 5.48 Å². The monoisotopic (exact) mass is 257 g/mol. The van der Waals surface area contributed by atoms with Gasteiger partial charge in [0.15, 0.2) is 6.10 Å². The predicted molar refractivity (Wildman–Crippen MR) is 65.9 cm³/mol. The van der Waals surface area contributed by atoms with E-state index >= 15 is 0 Å². The van der Waals surface area contributed by atoms with Gasteiger partial charge >= 0.3 is 0 Å². The van der Waals surface area contributed by atoms with E-state index in [9.17, 15) is 4.79 Å². The number of benzene rings is 1. The first-order valence-electron chi connectivity index (χ1n) is 5.36. The van der Waals surface area contributed by atoms with Crippen LogP contribution in [0.3, 0.4) is 0 Å². The molecule has 4 nitrogen and oxygen atoms in total. The summed E-state index contributed by atoms with van der Waals surface area (Å²) in [5.41, 5.74) is 2.32. The zero-order chi connectivity index (χ0) is 12.8. The molecule has 0 bridgehead atoms. The first-order valence-corrected chi connectivity index (χ1v) is 5.74. The van der Waals surface area contributed by atoms with Gasteiger partial charge in [-0.2, -0.15) is 0 Å². The van der Waals surface area contributed by atoms with Crippen LogP contribution in [0.4, 0.5) is 0 Å². The molecule has 0 radical (unpaired) electrons. The molecule has 0 saturated carbocycles. The molecule has 0 aliphatic carbocycles. The third-order valence-corrected chi connectivity index (χ3v) is 2.14. The van der Waals surface area contributed by atoms with Gasteiger partial charge in [0.2, 0.25) is 0 Å². The van der Waals surface area contributed by atoms with Gasteiger partial charge in [0.25, 0.3) is 5.91 Å². The van der Waals surface area contributed by atoms with E-state index in [1.807, 2.05) is 13.8 Å². The molecule has 0 heterocycles. The fraction of sp³-hybridized carbons (Fsp3) is 0.417. The molecule has 5 heteroatoms. The van der Waals surface area contributed by atoms with Crippen LogP contribution in [0.25, 0.3) is 0 Å². The number of hydrogen-bond donors (Lipinski definition) is 1. The first-order chi connectivity index (χ1) is 7.99. The molecule has 0 aromatic heterocycles. The normalized spacial score (nSPS) is 12.3. The van der Waals surface area contributed by atoms with Gasteiger partial charge in [-0.15, -0.1) is 0 Å². The third kappa shape index (κ3) is 5.06. The van der Waals surface area contributed by atoms with Gasteiger partial charge in [0, 0.05) is 5.02 Å². The standard InChI is InChI=1S/C12H16ClNO3/c1-8(2)17-14-12(15)9(3)16-11-6-4-10(13)5-7-11/h4-9H,1-3H3,(H,14,15)/t9-/m0/s1. The van der Waals surface area contributed by atoms with Gasteiger partial charge in [-0.05, 0) is 45.0 Å². The zero-order valence-electron chi connectivity index (χ0n) is 10.1. The number of hydroxylamine groups is 1. The summed E-state index contributed by atoms with van der Waals surface area (Å²) in [4.78, 5) is 16.5. The van der Waals surface area contributed by atoms with Gasteiger partial charge in [0.05, 0.1) is 6.10 Å². The molecule has 0 saturated heterocycles. The Balaban J connectivity index is 2.45. The molecule has 1 aromatic rings. The molecule has 1 aromatic carbocycles. The van der Waals surface area contributed by atoms with E-state index in [2.05, 4.69) is 5.48 Å². The number of ether oxygens (including phenoxy) is 1. The molecule has 0 unspecified atom stereocenters. The van der Waals surface area contributed by atoms with Crippen LogP contribution in [0.2, 0.25) is 5.02 Å². The van der Waals surface area contributed by atoms with Crippen LogP contribution in [0.15, 0.2) is 24.3 Å². The van der Waals surface area contributed by atoms with E-state index in [0.29, 0.717) is 10.8 Å². The fourth-order valence-electron chi connectivity index (χ4n) is 1.03. The molecule has 0 aliphatic heterocycles. The lowest BCUT2D eigenvalue weighted by molar-refractivity contribution is -0.143. The quantitative estimate of drug-likeness (QED) is 0.825. The van der Waals surface area contributed by atoms with E-state index < -0.39 is 6.10 Å². The molecule has 1 N–H and O–H groups in total. The number of carbonyl (C=O) groups is 1. The summed E-state index contributed by atoms with van der Waals surface area (Å²) >= 11 is 5.74. The maximum Gasteiger partial charge on any atom is 0.284 e. The summed E-state index contributed by atoms with van der Waals surface area (Å²) in [5, 5.41) is 0.623. The molecule has 0 aliphatic rings. The zero-order valence-corrected chi connectivity index (χ0v) is 10.8. The van der Waals surface area contributed by atoms with E-state index in [4.69, 9.17) is 21.2 Å². The van der Waals surface area contributed by atoms with Crippen LogP contribution in [-0.4, -0.2) is 18.1 Å². The van der Waals surface area contributed by atoms with Crippen LogP contribution in [0.1, 0.15) is 20.8 Å². The Bertz CT molecular complexity index is 365. The van der Waals surface area contributed by atoms with Crippen molar-refractivity contribution in [2.45, 2.75) is 33.0 Å². The fourth-order valence-corrected chi connectivity index (χ4v) is 1.16. The van der Waals surface area contributed by atoms with Crippen molar-refractivity contribution >= 4 is 17.5 Å². The third-order valence-electron chi connectivity index (χ3n) is 1.89. The molecule has 17 heavy (non-hydrogen) atoms. The maximum absolute atomic E-state index is 11.5. The summed E-state index contributed by atoms with van der Waals surface area (Å²) in [6.45, 7) is 5.30. The van der Waals surface area contributed by atoms with Gasteiger partial charge < -0.3 is 4.74 Å². The molecule has 1 amide bonds. The first kappa shape index (κ1) is 13.8. The van der Waals surface area contributed by atoms with Crippen LogP contribution in [0.5, 0.6) is 5.75 Å². The number of nitrogens with one attached hydrogen (secondary N) is 1. The minimum absolute atomic E-state index is 0.0679. The number of rotatable bonds is 5. The van der Waals surface area contributed by atoms with Crippen LogP contribution >= 0.6 is 11.6 Å². The second-order valence-corrected chi connectivity index (χ2v) is 4.28. The minimum Gasteiger partial charge on any atom is -0.481 e. The summed E-state index contributed by atoms with van der Waals surface area (Å²) in [6.07, 6.45) is -0.698. The largest absolute Gasteiger partial charge is 0.481 e. The second kappa shape index (κ2) is 6.47. The Labute approximate surface area is 106 Å². The Hall–Kier alpha value is -1.26. The molecule has 94 valence electrons. The van der Waals surface area contributed by atoms with Crippen molar-refractivity contribution in [2.24, 2.45) is 0 Å². The molecule has 1 atom stereocenters. The topological polar surface area (TPSA) is 47.6 Å². The molecular weight excluding hydrogens is 242 g/mol. The number of amides is 1. The molecule has 1 rings (SSSR count). The van der Waals surface area contributed by atoms with Crippen molar-refractivity contribution in [2.75, 3.05) is 0 Å². The average molecular weight is 258 g/mol. The Kier molecular flexibility index (Phi) is 5.25. The van der Waals surface area contributed by atoms with Crippen molar-refractivity contribution in [3.63, 3.8) is 0 Å². The van der Waals surface area contributed by atoms with Crippen LogP contribution < -0.4 is 10.2 Å². The van der Waals surface area contributed by atoms with Crippen LogP contribution in [0, 0.1) is 0 Å². The highest BCUT2D eigenvalue weighted by atomic mass is 35.5. The van der Waals surface area contributed by atoms with E-state index in [1.54, 1.807) is 31.2 Å². The van der Waals surface area contributed by atoms with Crippen molar-refractivity contribution < 1.29 is 14.4 Å². The predicted octanol–water partition coefficient (Wildman–Crippen LogP) is 2.56. The van der Waals surface area contributed by atoms with Crippen molar-refractivity contribution in [1.29, 1.82) is 0 Å². The van der Waals surface area contributed by atoms with E-state index in [-0.39, 0.29) is 12.0 Å². The van der Waals surface area contributed by atoms with Gasteiger partial charge in [-0.3, -0.25) is 9.63 Å². The van der Waals surface area contributed by atoms with Crippen molar-refractivity contribution in [3.05, 3.63) is 29.3 Å². The van der Waals surface area contributed by atoms with E-state index in [1.165, 1.54) is 0 Å². The Morgan fingerprint density at radius 2 is 1.82 bits per heavy atom. The van der Waals surface area contributed by atoms with Crippen molar-refractivity contribution in [3.8, 4) is 5.75 Å². The lowest BCUT2D eigenvalue weighted by Crippen LogP contribution is -2.37. The molecule has 0 fully saturated rings. The van der Waals surface area contributed by atoms with Gasteiger partial charge in [-0.1, -0.05) is 11.6 Å². The minimum atomic E-state index is -0.630. The van der Waals surface area contributed by atoms with Gasteiger partial charge in [-0.25, -0.2) is 5.48 Å². The Morgan fingerprint density at radius 1 is 1.24 bits per heavy atom. The number of hydrogen-bond acceptors (Lipinski definition) is 3. The SMILES string of the molecule is CC(C)ONC(=O)[C@H](C)Oc1ccc(Cl)cc1. The highest BCUT2D eigenvalue weighted by molar-refractivity contribution is 6.30.